The monoisotopic (exact) mass is 380 g/mol. The van der Waals surface area contributed by atoms with Crippen molar-refractivity contribution in [3.05, 3.63) is 53.6 Å². The van der Waals surface area contributed by atoms with E-state index in [1.165, 1.54) is 20.3 Å². The Morgan fingerprint density at radius 3 is 2.54 bits per heavy atom. The molecular formula is C21H20N2O5. The summed E-state index contributed by atoms with van der Waals surface area (Å²) < 4.78 is 10.5. The van der Waals surface area contributed by atoms with E-state index >= 15 is 0 Å². The number of nitrogens with zero attached hydrogens (tertiary/aromatic N) is 2. The molecule has 0 bridgehead atoms. The maximum absolute atomic E-state index is 13.4. The molecule has 0 N–H and O–H groups in total. The van der Waals surface area contributed by atoms with Crippen molar-refractivity contribution in [3.8, 4) is 11.5 Å². The molecule has 7 heteroatoms. The summed E-state index contributed by atoms with van der Waals surface area (Å²) in [4.78, 5) is 42.3. The summed E-state index contributed by atoms with van der Waals surface area (Å²) in [7, 11) is 2.99. The van der Waals surface area contributed by atoms with E-state index in [0.717, 1.165) is 11.3 Å². The summed E-state index contributed by atoms with van der Waals surface area (Å²) in [5.41, 5.74) is 0.945. The van der Waals surface area contributed by atoms with Gasteiger partial charge < -0.3 is 14.4 Å². The Labute approximate surface area is 162 Å². The Morgan fingerprint density at radius 1 is 1.04 bits per heavy atom. The van der Waals surface area contributed by atoms with Crippen LogP contribution in [0.4, 0.5) is 5.69 Å². The van der Waals surface area contributed by atoms with Crippen molar-refractivity contribution >= 4 is 23.4 Å². The van der Waals surface area contributed by atoms with Crippen LogP contribution in [-0.2, 0) is 4.79 Å². The lowest BCUT2D eigenvalue weighted by Crippen LogP contribution is -2.47. The van der Waals surface area contributed by atoms with Crippen LogP contribution in [0.5, 0.6) is 11.5 Å². The number of benzene rings is 2. The number of imide groups is 1. The van der Waals surface area contributed by atoms with Gasteiger partial charge in [0.2, 0.25) is 0 Å². The maximum Gasteiger partial charge on any atom is 0.265 e. The predicted octanol–water partition coefficient (Wildman–Crippen LogP) is 2.50. The van der Waals surface area contributed by atoms with Crippen molar-refractivity contribution in [3.63, 3.8) is 0 Å². The van der Waals surface area contributed by atoms with Crippen LogP contribution in [0.2, 0.25) is 0 Å². The van der Waals surface area contributed by atoms with Crippen molar-refractivity contribution < 1.29 is 23.9 Å². The van der Waals surface area contributed by atoms with Crippen molar-refractivity contribution in [2.75, 3.05) is 25.7 Å². The molecular weight excluding hydrogens is 360 g/mol. The van der Waals surface area contributed by atoms with Crippen LogP contribution in [0.1, 0.15) is 33.6 Å². The van der Waals surface area contributed by atoms with Gasteiger partial charge in [0.25, 0.3) is 17.7 Å². The Bertz CT molecular complexity index is 971. The number of hydrogen-bond acceptors (Lipinski definition) is 5. The fourth-order valence-corrected chi connectivity index (χ4v) is 3.85. The zero-order chi connectivity index (χ0) is 19.8. The number of methoxy groups -OCH3 is 2. The van der Waals surface area contributed by atoms with Crippen LogP contribution >= 0.6 is 0 Å². The minimum atomic E-state index is -0.621. The second kappa shape index (κ2) is 6.99. The first-order valence-corrected chi connectivity index (χ1v) is 9.07. The highest BCUT2D eigenvalue weighted by Gasteiger charge is 2.44. The highest BCUT2D eigenvalue weighted by Crippen LogP contribution is 2.34. The molecule has 0 aromatic heterocycles. The van der Waals surface area contributed by atoms with Gasteiger partial charge in [0.1, 0.15) is 6.04 Å². The summed E-state index contributed by atoms with van der Waals surface area (Å²) in [5, 5.41) is 0. The molecule has 1 saturated heterocycles. The van der Waals surface area contributed by atoms with E-state index in [4.69, 9.17) is 9.47 Å². The number of carbonyl (C=O) groups excluding carboxylic acids is 3. The Balaban J connectivity index is 1.83. The first-order valence-electron chi connectivity index (χ1n) is 9.07. The van der Waals surface area contributed by atoms with Gasteiger partial charge in [0, 0.05) is 12.1 Å². The largest absolute Gasteiger partial charge is 0.493 e. The number of anilines is 1. The van der Waals surface area contributed by atoms with Gasteiger partial charge in [-0.25, -0.2) is 4.90 Å². The van der Waals surface area contributed by atoms with E-state index in [1.807, 2.05) is 0 Å². The first-order chi connectivity index (χ1) is 13.6. The number of carbonyl (C=O) groups is 3. The van der Waals surface area contributed by atoms with Crippen molar-refractivity contribution in [1.82, 2.24) is 4.90 Å². The molecule has 7 nitrogen and oxygen atoms in total. The smallest absolute Gasteiger partial charge is 0.265 e. The summed E-state index contributed by atoms with van der Waals surface area (Å²) >= 11 is 0. The molecule has 2 aromatic rings. The quantitative estimate of drug-likeness (QED) is 0.765. The lowest BCUT2D eigenvalue weighted by molar-refractivity contribution is -0.121. The second-order valence-electron chi connectivity index (χ2n) is 6.72. The number of ether oxygens (including phenoxy) is 2. The van der Waals surface area contributed by atoms with Crippen LogP contribution in [0.15, 0.2) is 42.5 Å². The van der Waals surface area contributed by atoms with Gasteiger partial charge in [0.05, 0.1) is 25.5 Å². The van der Waals surface area contributed by atoms with Gasteiger partial charge in [0.15, 0.2) is 11.5 Å². The third-order valence-electron chi connectivity index (χ3n) is 5.23. The van der Waals surface area contributed by atoms with Crippen LogP contribution in [-0.4, -0.2) is 49.4 Å². The molecule has 0 radical (unpaired) electrons. The predicted molar refractivity (Wildman–Crippen MR) is 102 cm³/mol. The van der Waals surface area contributed by atoms with Gasteiger partial charge in [-0.3, -0.25) is 14.4 Å². The highest BCUT2D eigenvalue weighted by molar-refractivity contribution is 6.26. The molecule has 3 amide bonds. The van der Waals surface area contributed by atoms with Crippen molar-refractivity contribution in [2.24, 2.45) is 0 Å². The number of rotatable bonds is 3. The van der Waals surface area contributed by atoms with E-state index in [1.54, 1.807) is 41.3 Å². The molecule has 4 rings (SSSR count). The topological polar surface area (TPSA) is 76.2 Å². The normalized spacial score (nSPS) is 18.4. The average Bonchev–Trinajstić information content (AvgIpc) is 3.20. The zero-order valence-electron chi connectivity index (χ0n) is 15.7. The van der Waals surface area contributed by atoms with Crippen LogP contribution in [0, 0.1) is 0 Å². The van der Waals surface area contributed by atoms with Gasteiger partial charge in [-0.1, -0.05) is 12.1 Å². The minimum absolute atomic E-state index is 0.214. The summed E-state index contributed by atoms with van der Waals surface area (Å²) in [5.74, 6) is -0.217. The Hall–Kier alpha value is -3.35. The molecule has 0 saturated carbocycles. The standard InChI is InChI=1S/C21H20N2O5/c1-27-17-10-9-13(12-18(17)28-2)19(24)23-15-7-4-3-6-14(15)20(25)22-11-5-8-16(22)21(23)26/h3-4,6-7,9-10,12,16H,5,8,11H2,1-2H3/t16-/m0/s1. The zero-order valence-corrected chi connectivity index (χ0v) is 15.7. The van der Waals surface area contributed by atoms with Gasteiger partial charge in [-0.2, -0.15) is 0 Å². The fourth-order valence-electron chi connectivity index (χ4n) is 3.85. The average molecular weight is 380 g/mol. The highest BCUT2D eigenvalue weighted by atomic mass is 16.5. The van der Waals surface area contributed by atoms with Crippen LogP contribution < -0.4 is 14.4 Å². The summed E-state index contributed by atoms with van der Waals surface area (Å²) in [6.45, 7) is 0.516. The maximum atomic E-state index is 13.4. The molecule has 0 spiro atoms. The lowest BCUT2D eigenvalue weighted by atomic mass is 10.1. The Kier molecular flexibility index (Phi) is 4.50. The lowest BCUT2D eigenvalue weighted by Gasteiger charge is -2.24. The van der Waals surface area contributed by atoms with Crippen LogP contribution in [0.3, 0.4) is 0 Å². The van der Waals surface area contributed by atoms with E-state index in [-0.39, 0.29) is 17.4 Å². The van der Waals surface area contributed by atoms with Gasteiger partial charge in [-0.15, -0.1) is 0 Å². The molecule has 28 heavy (non-hydrogen) atoms. The molecule has 144 valence electrons. The van der Waals surface area contributed by atoms with Gasteiger partial charge >= 0.3 is 0 Å². The molecule has 0 aliphatic carbocycles. The molecule has 1 fully saturated rings. The summed E-state index contributed by atoms with van der Waals surface area (Å²) in [6, 6.07) is 10.8. The Morgan fingerprint density at radius 2 is 1.79 bits per heavy atom. The van der Waals surface area contributed by atoms with Gasteiger partial charge in [-0.05, 0) is 43.2 Å². The van der Waals surface area contributed by atoms with E-state index in [2.05, 4.69) is 0 Å². The molecule has 0 unspecified atom stereocenters. The van der Waals surface area contributed by atoms with Crippen molar-refractivity contribution in [2.45, 2.75) is 18.9 Å². The SMILES string of the molecule is COc1ccc(C(=O)N2C(=O)[C@@H]3CCCN3C(=O)c3ccccc32)cc1OC. The van der Waals surface area contributed by atoms with E-state index in [9.17, 15) is 14.4 Å². The molecule has 2 aromatic carbocycles. The van der Waals surface area contributed by atoms with E-state index in [0.29, 0.717) is 35.7 Å². The van der Waals surface area contributed by atoms with Crippen molar-refractivity contribution in [1.29, 1.82) is 0 Å². The first kappa shape index (κ1) is 18.0. The number of para-hydroxylation sites is 1. The molecule has 2 heterocycles. The molecule has 2 aliphatic rings. The van der Waals surface area contributed by atoms with E-state index < -0.39 is 11.9 Å². The third kappa shape index (κ3) is 2.70. The number of hydrogen-bond donors (Lipinski definition) is 0. The third-order valence-corrected chi connectivity index (χ3v) is 5.23. The molecule has 2 aliphatic heterocycles. The van der Waals surface area contributed by atoms with Crippen LogP contribution in [0.25, 0.3) is 0 Å². The summed E-state index contributed by atoms with van der Waals surface area (Å²) in [6.07, 6.45) is 1.29. The number of amides is 3. The number of fused-ring (bicyclic) bond motifs is 2. The minimum Gasteiger partial charge on any atom is -0.493 e. The second-order valence-corrected chi connectivity index (χ2v) is 6.72. The fraction of sp³-hybridized carbons (Fsp3) is 0.286. The molecule has 1 atom stereocenters.